The van der Waals surface area contributed by atoms with Gasteiger partial charge in [0.25, 0.3) is 0 Å². The highest BCUT2D eigenvalue weighted by Crippen LogP contribution is 2.38. The fourth-order valence-corrected chi connectivity index (χ4v) is 2.46. The minimum absolute atomic E-state index is 0.150. The molecule has 5 heteroatoms. The maximum atomic E-state index is 13.6. The molecule has 1 aromatic carbocycles. The van der Waals surface area contributed by atoms with Crippen LogP contribution in [0.15, 0.2) is 12.1 Å². The number of aromatic nitrogens is 2. The molecule has 2 N–H and O–H groups in total. The standard InChI is InChI=1S/C13H15F2N3/c1-7(8-2-3-8)6-18-11-5-9(14)4-10(15)12(11)17-13(18)16/h4-5,7-8H,2-3,6H2,1H3,(H2,16,17). The molecule has 1 aromatic heterocycles. The highest BCUT2D eigenvalue weighted by Gasteiger charge is 2.29. The fraction of sp³-hybridized carbons (Fsp3) is 0.462. The van der Waals surface area contributed by atoms with Crippen molar-refractivity contribution in [1.82, 2.24) is 9.55 Å². The van der Waals surface area contributed by atoms with E-state index < -0.39 is 11.6 Å². The third-order valence-electron chi connectivity index (χ3n) is 3.70. The Bertz CT molecular complexity index is 602. The predicted molar refractivity (Wildman–Crippen MR) is 65.9 cm³/mol. The summed E-state index contributed by atoms with van der Waals surface area (Å²) in [5, 5.41) is 0. The Kier molecular flexibility index (Phi) is 2.50. The van der Waals surface area contributed by atoms with Gasteiger partial charge in [0, 0.05) is 18.7 Å². The molecule has 3 rings (SSSR count). The van der Waals surface area contributed by atoms with E-state index in [2.05, 4.69) is 11.9 Å². The zero-order chi connectivity index (χ0) is 12.9. The summed E-state index contributed by atoms with van der Waals surface area (Å²) in [5.41, 5.74) is 6.40. The second-order valence-corrected chi connectivity index (χ2v) is 5.15. The van der Waals surface area contributed by atoms with Crippen molar-refractivity contribution in [1.29, 1.82) is 0 Å². The van der Waals surface area contributed by atoms with Crippen molar-refractivity contribution in [2.75, 3.05) is 5.73 Å². The number of hydrogen-bond donors (Lipinski definition) is 1. The predicted octanol–water partition coefficient (Wildman–Crippen LogP) is 2.94. The molecule has 0 aliphatic heterocycles. The zero-order valence-electron chi connectivity index (χ0n) is 10.2. The summed E-state index contributed by atoms with van der Waals surface area (Å²) in [4.78, 5) is 3.99. The summed E-state index contributed by atoms with van der Waals surface area (Å²) in [7, 11) is 0. The van der Waals surface area contributed by atoms with Crippen molar-refractivity contribution in [3.05, 3.63) is 23.8 Å². The van der Waals surface area contributed by atoms with Crippen LogP contribution in [0.1, 0.15) is 19.8 Å². The number of hydrogen-bond acceptors (Lipinski definition) is 2. The number of rotatable bonds is 3. The summed E-state index contributed by atoms with van der Waals surface area (Å²) in [6.07, 6.45) is 2.47. The third kappa shape index (κ3) is 1.83. The molecule has 1 fully saturated rings. The molecular weight excluding hydrogens is 236 g/mol. The lowest BCUT2D eigenvalue weighted by molar-refractivity contribution is 0.439. The SMILES string of the molecule is CC(Cn1c(N)nc2c(F)cc(F)cc21)C1CC1. The van der Waals surface area contributed by atoms with Gasteiger partial charge in [-0.15, -0.1) is 0 Å². The van der Waals surface area contributed by atoms with Crippen LogP contribution < -0.4 is 5.73 Å². The Morgan fingerprint density at radius 3 is 2.83 bits per heavy atom. The van der Waals surface area contributed by atoms with Gasteiger partial charge in [-0.1, -0.05) is 6.92 Å². The summed E-state index contributed by atoms with van der Waals surface area (Å²) >= 11 is 0. The Balaban J connectivity index is 2.06. The van der Waals surface area contributed by atoms with Crippen LogP contribution in [0.25, 0.3) is 11.0 Å². The molecule has 1 aliphatic carbocycles. The van der Waals surface area contributed by atoms with Crippen LogP contribution in [0.5, 0.6) is 0 Å². The van der Waals surface area contributed by atoms with Crippen molar-refractivity contribution >= 4 is 17.0 Å². The maximum absolute atomic E-state index is 13.6. The van der Waals surface area contributed by atoms with Gasteiger partial charge in [0.2, 0.25) is 5.95 Å². The van der Waals surface area contributed by atoms with E-state index in [-0.39, 0.29) is 11.5 Å². The van der Waals surface area contributed by atoms with Gasteiger partial charge < -0.3 is 10.3 Å². The first-order chi connectivity index (χ1) is 8.56. The lowest BCUT2D eigenvalue weighted by Crippen LogP contribution is -2.11. The molecule has 0 spiro atoms. The van der Waals surface area contributed by atoms with Crippen LogP contribution in [0.4, 0.5) is 14.7 Å². The van der Waals surface area contributed by atoms with Gasteiger partial charge in [0.1, 0.15) is 11.3 Å². The van der Waals surface area contributed by atoms with E-state index in [9.17, 15) is 8.78 Å². The average molecular weight is 251 g/mol. The number of benzene rings is 1. The number of fused-ring (bicyclic) bond motifs is 1. The van der Waals surface area contributed by atoms with Crippen LogP contribution >= 0.6 is 0 Å². The van der Waals surface area contributed by atoms with Crippen LogP contribution in [0.2, 0.25) is 0 Å². The molecule has 18 heavy (non-hydrogen) atoms. The second-order valence-electron chi connectivity index (χ2n) is 5.15. The molecule has 1 saturated carbocycles. The van der Waals surface area contributed by atoms with E-state index in [1.807, 2.05) is 0 Å². The molecule has 0 radical (unpaired) electrons. The number of halogens is 2. The van der Waals surface area contributed by atoms with Crippen LogP contribution in [-0.2, 0) is 6.54 Å². The molecule has 0 amide bonds. The quantitative estimate of drug-likeness (QED) is 0.911. The van der Waals surface area contributed by atoms with E-state index in [0.29, 0.717) is 23.9 Å². The number of nitrogens with zero attached hydrogens (tertiary/aromatic N) is 2. The third-order valence-corrected chi connectivity index (χ3v) is 3.70. The second kappa shape index (κ2) is 3.93. The first-order valence-corrected chi connectivity index (χ1v) is 6.17. The molecule has 1 aliphatic rings. The fourth-order valence-electron chi connectivity index (χ4n) is 2.46. The van der Waals surface area contributed by atoms with Crippen molar-refractivity contribution in [3.8, 4) is 0 Å². The number of anilines is 1. The van der Waals surface area contributed by atoms with Crippen molar-refractivity contribution in [2.24, 2.45) is 11.8 Å². The van der Waals surface area contributed by atoms with Crippen molar-refractivity contribution in [2.45, 2.75) is 26.3 Å². The van der Waals surface area contributed by atoms with Gasteiger partial charge in [-0.2, -0.15) is 0 Å². The van der Waals surface area contributed by atoms with Crippen LogP contribution in [-0.4, -0.2) is 9.55 Å². The average Bonchev–Trinajstić information content (AvgIpc) is 3.09. The molecule has 1 heterocycles. The number of nitrogens with two attached hydrogens (primary N) is 1. The summed E-state index contributed by atoms with van der Waals surface area (Å²) in [6.45, 7) is 2.80. The highest BCUT2D eigenvalue weighted by molar-refractivity contribution is 5.79. The first kappa shape index (κ1) is 11.4. The van der Waals surface area contributed by atoms with E-state index in [1.165, 1.54) is 18.9 Å². The molecule has 1 unspecified atom stereocenters. The monoisotopic (exact) mass is 251 g/mol. The smallest absolute Gasteiger partial charge is 0.201 e. The lowest BCUT2D eigenvalue weighted by atomic mass is 10.1. The van der Waals surface area contributed by atoms with E-state index in [4.69, 9.17) is 5.73 Å². The molecule has 0 bridgehead atoms. The minimum Gasteiger partial charge on any atom is -0.369 e. The summed E-state index contributed by atoms with van der Waals surface area (Å²) in [5.74, 6) is 0.160. The number of imidazole rings is 1. The van der Waals surface area contributed by atoms with Gasteiger partial charge in [-0.25, -0.2) is 13.8 Å². The Morgan fingerprint density at radius 2 is 2.17 bits per heavy atom. The normalized spacial score (nSPS) is 17.3. The van der Waals surface area contributed by atoms with Gasteiger partial charge in [0.15, 0.2) is 5.82 Å². The van der Waals surface area contributed by atoms with Gasteiger partial charge >= 0.3 is 0 Å². The van der Waals surface area contributed by atoms with Gasteiger partial charge in [0.05, 0.1) is 5.52 Å². The van der Waals surface area contributed by atoms with Crippen molar-refractivity contribution < 1.29 is 8.78 Å². The maximum Gasteiger partial charge on any atom is 0.201 e. The molecule has 0 saturated heterocycles. The minimum atomic E-state index is -0.658. The Morgan fingerprint density at radius 1 is 1.44 bits per heavy atom. The Hall–Kier alpha value is -1.65. The first-order valence-electron chi connectivity index (χ1n) is 6.17. The zero-order valence-corrected chi connectivity index (χ0v) is 10.2. The summed E-state index contributed by atoms with van der Waals surface area (Å²) in [6, 6.07) is 2.13. The molecular formula is C13H15F2N3. The molecule has 1 atom stereocenters. The lowest BCUT2D eigenvalue weighted by Gasteiger charge is -2.13. The van der Waals surface area contributed by atoms with Gasteiger partial charge in [-0.05, 0) is 24.7 Å². The highest BCUT2D eigenvalue weighted by atomic mass is 19.1. The van der Waals surface area contributed by atoms with E-state index in [0.717, 1.165) is 6.07 Å². The topological polar surface area (TPSA) is 43.8 Å². The van der Waals surface area contributed by atoms with E-state index >= 15 is 0 Å². The summed E-state index contributed by atoms with van der Waals surface area (Å²) < 4.78 is 28.6. The van der Waals surface area contributed by atoms with E-state index in [1.54, 1.807) is 4.57 Å². The molecule has 2 aromatic rings. The molecule has 96 valence electrons. The number of nitrogen functional groups attached to an aromatic ring is 1. The van der Waals surface area contributed by atoms with Crippen LogP contribution in [0, 0.1) is 23.5 Å². The largest absolute Gasteiger partial charge is 0.369 e. The Labute approximate surface area is 104 Å². The molecule has 3 nitrogen and oxygen atoms in total. The van der Waals surface area contributed by atoms with Crippen LogP contribution in [0.3, 0.4) is 0 Å². The van der Waals surface area contributed by atoms with Crippen molar-refractivity contribution in [3.63, 3.8) is 0 Å². The van der Waals surface area contributed by atoms with Gasteiger partial charge in [-0.3, -0.25) is 0 Å².